The fourth-order valence-electron chi connectivity index (χ4n) is 3.59. The zero-order valence-electron chi connectivity index (χ0n) is 18.8. The van der Waals surface area contributed by atoms with Gasteiger partial charge >= 0.3 is 5.97 Å². The summed E-state index contributed by atoms with van der Waals surface area (Å²) in [6.07, 6.45) is 2.74. The molecule has 0 amide bonds. The van der Waals surface area contributed by atoms with Crippen molar-refractivity contribution in [3.63, 3.8) is 0 Å². The summed E-state index contributed by atoms with van der Waals surface area (Å²) in [6.45, 7) is 4.21. The predicted molar refractivity (Wildman–Crippen MR) is 127 cm³/mol. The highest BCUT2D eigenvalue weighted by Crippen LogP contribution is 2.42. The number of nitrogens with one attached hydrogen (secondary N) is 1. The van der Waals surface area contributed by atoms with E-state index in [0.29, 0.717) is 41.3 Å². The molecule has 0 saturated carbocycles. The Labute approximate surface area is 201 Å². The first-order chi connectivity index (χ1) is 16.2. The third kappa shape index (κ3) is 6.08. The average molecular weight is 513 g/mol. The Bertz CT molecular complexity index is 1170. The number of rotatable bonds is 9. The molecule has 0 bridgehead atoms. The van der Waals surface area contributed by atoms with E-state index in [9.17, 15) is 22.0 Å². The van der Waals surface area contributed by atoms with Crippen LogP contribution in [0, 0.1) is 5.82 Å². The summed E-state index contributed by atoms with van der Waals surface area (Å²) in [5, 5.41) is 8.76. The van der Waals surface area contributed by atoms with Gasteiger partial charge in [-0.2, -0.15) is 4.39 Å². The maximum absolute atomic E-state index is 13.6. The molecule has 2 N–H and O–H groups in total. The molecule has 2 aromatic carbocycles. The standard InChI is InChI=1S/C23H26F2N2O5S2/c1-3-5-6-16-13-27(17-9-7-15(24)8-10-17)19-11-21(33-4-2)20(32-14-18(25)23(28)29)12-22(19)34(30,31)26-16/h7-12,14,16,26H,3-6,13H2,1-2H3,(H,28,29)/b18-14-/t16-/m1/s1. The van der Waals surface area contributed by atoms with Gasteiger partial charge in [-0.3, -0.25) is 0 Å². The van der Waals surface area contributed by atoms with E-state index in [1.807, 2.05) is 18.7 Å². The molecule has 0 aliphatic carbocycles. The van der Waals surface area contributed by atoms with E-state index >= 15 is 0 Å². The van der Waals surface area contributed by atoms with E-state index in [0.717, 1.165) is 12.8 Å². The SMILES string of the molecule is CCCC[C@@H]1CN(c2ccc(F)cc2)c2cc(SCC)c(O/C=C(\F)C(=O)O)cc2S(=O)(=O)N1. The smallest absolute Gasteiger partial charge is 0.368 e. The van der Waals surface area contributed by atoms with E-state index in [-0.39, 0.29) is 10.6 Å². The number of sulfonamides is 1. The molecule has 7 nitrogen and oxygen atoms in total. The molecule has 1 aliphatic heterocycles. The molecule has 0 fully saturated rings. The number of anilines is 2. The van der Waals surface area contributed by atoms with Crippen LogP contribution < -0.4 is 14.4 Å². The van der Waals surface area contributed by atoms with Crippen molar-refractivity contribution in [1.29, 1.82) is 0 Å². The summed E-state index contributed by atoms with van der Waals surface area (Å²) < 4.78 is 61.8. The van der Waals surface area contributed by atoms with Crippen LogP contribution in [0.25, 0.3) is 0 Å². The molecule has 0 radical (unpaired) electrons. The number of thioether (sulfide) groups is 1. The number of carboxylic acids is 1. The number of hydrogen-bond donors (Lipinski definition) is 2. The quantitative estimate of drug-likeness (QED) is 0.271. The van der Waals surface area contributed by atoms with Gasteiger partial charge in [-0.25, -0.2) is 22.3 Å². The normalized spacial score (nSPS) is 17.7. The molecular weight excluding hydrogens is 486 g/mol. The van der Waals surface area contributed by atoms with Gasteiger partial charge in [0.15, 0.2) is 0 Å². The van der Waals surface area contributed by atoms with Crippen molar-refractivity contribution >= 4 is 39.1 Å². The van der Waals surface area contributed by atoms with Gasteiger partial charge in [0.2, 0.25) is 15.9 Å². The van der Waals surface area contributed by atoms with Gasteiger partial charge in [-0.05, 0) is 42.5 Å². The molecule has 1 heterocycles. The van der Waals surface area contributed by atoms with Crippen molar-refractivity contribution in [3.05, 3.63) is 54.3 Å². The number of fused-ring (bicyclic) bond motifs is 1. The molecule has 34 heavy (non-hydrogen) atoms. The molecule has 2 aromatic rings. The molecular formula is C23H26F2N2O5S2. The van der Waals surface area contributed by atoms with Crippen LogP contribution in [0.5, 0.6) is 5.75 Å². The fraction of sp³-hybridized carbons (Fsp3) is 0.348. The van der Waals surface area contributed by atoms with Crippen LogP contribution in [0.15, 0.2) is 58.3 Å². The maximum atomic E-state index is 13.6. The van der Waals surface area contributed by atoms with Gasteiger partial charge in [-0.1, -0.05) is 26.7 Å². The predicted octanol–water partition coefficient (Wildman–Crippen LogP) is 5.20. The summed E-state index contributed by atoms with van der Waals surface area (Å²) in [5.41, 5.74) is 0.977. The molecule has 1 aliphatic rings. The Hall–Kier alpha value is -2.63. The maximum Gasteiger partial charge on any atom is 0.368 e. The van der Waals surface area contributed by atoms with Crippen LogP contribution in [0.1, 0.15) is 33.1 Å². The van der Waals surface area contributed by atoms with Crippen molar-refractivity contribution in [2.75, 3.05) is 17.2 Å². The van der Waals surface area contributed by atoms with Crippen LogP contribution in [-0.2, 0) is 14.8 Å². The van der Waals surface area contributed by atoms with Crippen LogP contribution in [0.3, 0.4) is 0 Å². The molecule has 3 rings (SSSR count). The number of halogens is 2. The molecule has 1 atom stereocenters. The summed E-state index contributed by atoms with van der Waals surface area (Å²) in [6, 6.07) is 8.25. The first-order valence-corrected chi connectivity index (χ1v) is 13.2. The second-order valence-corrected chi connectivity index (χ2v) is 10.6. The lowest BCUT2D eigenvalue weighted by Gasteiger charge is -2.27. The fourth-order valence-corrected chi connectivity index (χ4v) is 5.81. The van der Waals surface area contributed by atoms with Gasteiger partial charge in [0, 0.05) is 24.3 Å². The second kappa shape index (κ2) is 11.2. The zero-order valence-corrected chi connectivity index (χ0v) is 20.4. The third-order valence-electron chi connectivity index (χ3n) is 5.17. The molecule has 0 unspecified atom stereocenters. The van der Waals surface area contributed by atoms with Gasteiger partial charge in [0.05, 0.1) is 10.6 Å². The number of nitrogens with zero attached hydrogens (tertiary/aromatic N) is 1. The average Bonchev–Trinajstić information content (AvgIpc) is 2.90. The van der Waals surface area contributed by atoms with Crippen LogP contribution in [0.4, 0.5) is 20.2 Å². The van der Waals surface area contributed by atoms with Crippen molar-refractivity contribution in [2.24, 2.45) is 0 Å². The van der Waals surface area contributed by atoms with Crippen LogP contribution >= 0.6 is 11.8 Å². The highest BCUT2D eigenvalue weighted by atomic mass is 32.2. The Morgan fingerprint density at radius 3 is 2.62 bits per heavy atom. The van der Waals surface area contributed by atoms with E-state index in [1.54, 1.807) is 18.2 Å². The third-order valence-corrected chi connectivity index (χ3v) is 7.64. The molecule has 184 valence electrons. The second-order valence-electron chi connectivity index (χ2n) is 7.64. The van der Waals surface area contributed by atoms with Crippen molar-refractivity contribution in [2.45, 2.75) is 48.9 Å². The molecule has 0 aromatic heterocycles. The lowest BCUT2D eigenvalue weighted by Crippen LogP contribution is -2.39. The summed E-state index contributed by atoms with van der Waals surface area (Å²) >= 11 is 1.33. The van der Waals surface area contributed by atoms with Crippen molar-refractivity contribution in [1.82, 2.24) is 4.72 Å². The monoisotopic (exact) mass is 512 g/mol. The van der Waals surface area contributed by atoms with Crippen molar-refractivity contribution in [3.8, 4) is 5.75 Å². The van der Waals surface area contributed by atoms with E-state index < -0.39 is 33.7 Å². The Kier molecular flexibility index (Phi) is 8.56. The lowest BCUT2D eigenvalue weighted by molar-refractivity contribution is -0.134. The lowest BCUT2D eigenvalue weighted by atomic mass is 10.1. The Morgan fingerprint density at radius 2 is 2.00 bits per heavy atom. The minimum Gasteiger partial charge on any atom is -0.476 e. The zero-order chi connectivity index (χ0) is 24.9. The highest BCUT2D eigenvalue weighted by molar-refractivity contribution is 7.99. The van der Waals surface area contributed by atoms with Gasteiger partial charge in [0.1, 0.15) is 22.7 Å². The number of ether oxygens (including phenoxy) is 1. The first-order valence-electron chi connectivity index (χ1n) is 10.8. The largest absolute Gasteiger partial charge is 0.476 e. The number of unbranched alkanes of at least 4 members (excludes halogenated alkanes) is 1. The highest BCUT2D eigenvalue weighted by Gasteiger charge is 2.33. The Morgan fingerprint density at radius 1 is 1.29 bits per heavy atom. The van der Waals surface area contributed by atoms with E-state index in [4.69, 9.17) is 9.84 Å². The number of carbonyl (C=O) groups is 1. The molecule has 0 spiro atoms. The number of carboxylic acid groups (broad SMARTS) is 1. The van der Waals surface area contributed by atoms with Crippen LogP contribution in [0.2, 0.25) is 0 Å². The van der Waals surface area contributed by atoms with E-state index in [1.165, 1.54) is 30.0 Å². The Balaban J connectivity index is 2.19. The van der Waals surface area contributed by atoms with Gasteiger partial charge in [0.25, 0.3) is 0 Å². The number of benzene rings is 2. The molecule has 11 heteroatoms. The molecule has 0 saturated heterocycles. The van der Waals surface area contributed by atoms with Crippen molar-refractivity contribution < 1.29 is 31.8 Å². The summed E-state index contributed by atoms with van der Waals surface area (Å²) in [4.78, 5) is 13.0. The van der Waals surface area contributed by atoms with Gasteiger partial charge < -0.3 is 14.7 Å². The summed E-state index contributed by atoms with van der Waals surface area (Å²) in [5.74, 6) is -3.12. The number of hydrogen-bond acceptors (Lipinski definition) is 6. The first kappa shape index (κ1) is 26.0. The van der Waals surface area contributed by atoms with Crippen LogP contribution in [-0.4, -0.2) is 37.8 Å². The minimum atomic E-state index is -4.00. The summed E-state index contributed by atoms with van der Waals surface area (Å²) in [7, 11) is -4.00. The van der Waals surface area contributed by atoms with E-state index in [2.05, 4.69) is 4.72 Å². The number of aliphatic carboxylic acids is 1. The minimum absolute atomic E-state index is 0.0124. The van der Waals surface area contributed by atoms with Gasteiger partial charge in [-0.15, -0.1) is 11.8 Å². The topological polar surface area (TPSA) is 95.9 Å².